The molecule has 2 rings (SSSR count). The topological polar surface area (TPSA) is 49.6 Å². The molecule has 0 saturated carbocycles. The Labute approximate surface area is 124 Å². The van der Waals surface area contributed by atoms with Gasteiger partial charge in [-0.15, -0.1) is 0 Å². The van der Waals surface area contributed by atoms with Gasteiger partial charge in [0, 0.05) is 23.6 Å². The highest BCUT2D eigenvalue weighted by molar-refractivity contribution is 7.98. The highest BCUT2D eigenvalue weighted by Gasteiger charge is 2.14. The molecule has 0 spiro atoms. The van der Waals surface area contributed by atoms with E-state index in [9.17, 15) is 4.79 Å². The van der Waals surface area contributed by atoms with E-state index >= 15 is 0 Å². The maximum atomic E-state index is 11.3. The lowest BCUT2D eigenvalue weighted by Gasteiger charge is -2.04. The zero-order chi connectivity index (χ0) is 14.0. The summed E-state index contributed by atoms with van der Waals surface area (Å²) in [5, 5.41) is 1.59. The molecule has 0 bridgehead atoms. The summed E-state index contributed by atoms with van der Waals surface area (Å²) in [6.45, 7) is 1.78. The number of H-pyrrole nitrogens is 1. The highest BCUT2D eigenvalue weighted by Crippen LogP contribution is 2.27. The van der Waals surface area contributed by atoms with Crippen LogP contribution in [0.1, 0.15) is 11.3 Å². The number of pyridine rings is 1. The first-order chi connectivity index (χ1) is 8.97. The normalized spacial score (nSPS) is 10.7. The van der Waals surface area contributed by atoms with Gasteiger partial charge in [-0.1, -0.05) is 23.4 Å². The first kappa shape index (κ1) is 14.4. The Balaban J connectivity index is 2.19. The van der Waals surface area contributed by atoms with Crippen molar-refractivity contribution in [3.05, 3.63) is 50.1 Å². The summed E-state index contributed by atoms with van der Waals surface area (Å²) in [7, 11) is 1.82. The second-order valence-electron chi connectivity index (χ2n) is 4.04. The maximum Gasteiger partial charge on any atom is 0.293 e. The first-order valence-electron chi connectivity index (χ1n) is 5.50. The number of hydrogen-bond donors (Lipinski definition) is 1. The molecule has 0 fully saturated rings. The van der Waals surface area contributed by atoms with Gasteiger partial charge >= 0.3 is 0 Å². The van der Waals surface area contributed by atoms with E-state index in [4.69, 9.17) is 23.2 Å². The molecule has 1 N–H and O–H groups in total. The van der Waals surface area contributed by atoms with Gasteiger partial charge in [-0.05, 0) is 24.1 Å². The van der Waals surface area contributed by atoms with Gasteiger partial charge in [-0.2, -0.15) is 4.57 Å². The van der Waals surface area contributed by atoms with E-state index < -0.39 is 0 Å². The summed E-state index contributed by atoms with van der Waals surface area (Å²) in [6.07, 6.45) is 1.84. The van der Waals surface area contributed by atoms with Crippen LogP contribution in [0.15, 0.2) is 28.3 Å². The molecule has 4 nitrogen and oxygen atoms in total. The lowest BCUT2D eigenvalue weighted by atomic mass is 10.3. The molecule has 0 aliphatic carbocycles. The Morgan fingerprint density at radius 3 is 2.89 bits per heavy atom. The fourth-order valence-corrected chi connectivity index (χ4v) is 2.94. The van der Waals surface area contributed by atoms with Gasteiger partial charge in [0.15, 0.2) is 11.4 Å². The summed E-state index contributed by atoms with van der Waals surface area (Å²) < 4.78 is 1.74. The first-order valence-corrected chi connectivity index (χ1v) is 7.25. The molecule has 0 aliphatic rings. The molecule has 0 amide bonds. The van der Waals surface area contributed by atoms with Crippen LogP contribution in [0.25, 0.3) is 0 Å². The van der Waals surface area contributed by atoms with Crippen LogP contribution in [0.3, 0.4) is 0 Å². The van der Waals surface area contributed by atoms with Crippen molar-refractivity contribution >= 4 is 35.0 Å². The Kier molecular flexibility index (Phi) is 4.50. The molecular weight excluding hydrogens is 305 g/mol. The number of nitrogens with zero attached hydrogens (tertiary/aromatic N) is 2. The minimum atomic E-state index is -0.154. The molecule has 0 saturated heterocycles. The average molecular weight is 317 g/mol. The average Bonchev–Trinajstić information content (AvgIpc) is 2.34. The van der Waals surface area contributed by atoms with Gasteiger partial charge < -0.3 is 4.98 Å². The van der Waals surface area contributed by atoms with Crippen molar-refractivity contribution in [3.63, 3.8) is 0 Å². The zero-order valence-corrected chi connectivity index (χ0v) is 12.7. The third-order valence-electron chi connectivity index (χ3n) is 2.48. The Morgan fingerprint density at radius 2 is 2.21 bits per heavy atom. The van der Waals surface area contributed by atoms with E-state index in [1.54, 1.807) is 11.5 Å². The molecule has 0 unspecified atom stereocenters. The fraction of sp³-hybridized carbons (Fsp3) is 0.250. The monoisotopic (exact) mass is 316 g/mol. The number of aromatic amines is 1. The van der Waals surface area contributed by atoms with Crippen molar-refractivity contribution in [2.45, 2.75) is 17.8 Å². The molecule has 7 heteroatoms. The van der Waals surface area contributed by atoms with Crippen molar-refractivity contribution < 1.29 is 4.57 Å². The zero-order valence-electron chi connectivity index (χ0n) is 10.4. The van der Waals surface area contributed by atoms with Crippen molar-refractivity contribution in [1.82, 2.24) is 9.97 Å². The van der Waals surface area contributed by atoms with Gasteiger partial charge in [0.1, 0.15) is 12.1 Å². The summed E-state index contributed by atoms with van der Waals surface area (Å²) in [5.74, 6) is 0.589. The molecule has 19 heavy (non-hydrogen) atoms. The molecule has 2 aromatic heterocycles. The minimum Gasteiger partial charge on any atom is -0.301 e. The Morgan fingerprint density at radius 1 is 1.47 bits per heavy atom. The third-order valence-corrected chi connectivity index (χ3v) is 4.38. The van der Waals surface area contributed by atoms with Crippen molar-refractivity contribution in [3.8, 4) is 0 Å². The number of aromatic nitrogens is 3. The van der Waals surface area contributed by atoms with Gasteiger partial charge in [-0.25, -0.2) is 4.98 Å². The van der Waals surface area contributed by atoms with E-state index in [0.29, 0.717) is 26.8 Å². The number of nitrogens with one attached hydrogen (secondary N) is 1. The highest BCUT2D eigenvalue weighted by atomic mass is 35.5. The van der Waals surface area contributed by atoms with Gasteiger partial charge in [0.2, 0.25) is 0 Å². The summed E-state index contributed by atoms with van der Waals surface area (Å²) in [4.78, 5) is 18.3. The van der Waals surface area contributed by atoms with Crippen molar-refractivity contribution in [2.75, 3.05) is 0 Å². The number of aryl methyl sites for hydroxylation is 2. The van der Waals surface area contributed by atoms with Crippen LogP contribution in [-0.4, -0.2) is 9.97 Å². The molecule has 0 aromatic carbocycles. The van der Waals surface area contributed by atoms with Crippen LogP contribution in [0.2, 0.25) is 10.2 Å². The van der Waals surface area contributed by atoms with E-state index in [2.05, 4.69) is 9.97 Å². The lowest BCUT2D eigenvalue weighted by molar-refractivity contribution is -0.669. The third kappa shape index (κ3) is 3.49. The predicted molar refractivity (Wildman–Crippen MR) is 76.8 cm³/mol. The van der Waals surface area contributed by atoms with E-state index in [-0.39, 0.29) is 5.56 Å². The molecule has 0 radical (unpaired) electrons. The smallest absolute Gasteiger partial charge is 0.293 e. The SMILES string of the molecule is Cc1cc(=O)[nH]c(SCc2cc[n+](C)c(Cl)c2Cl)n1. The fourth-order valence-electron chi connectivity index (χ4n) is 1.51. The summed E-state index contributed by atoms with van der Waals surface area (Å²) in [5.41, 5.74) is 1.44. The van der Waals surface area contributed by atoms with Crippen LogP contribution < -0.4 is 10.1 Å². The van der Waals surface area contributed by atoms with Gasteiger partial charge in [0.05, 0.1) is 0 Å². The van der Waals surface area contributed by atoms with Crippen LogP contribution >= 0.6 is 35.0 Å². The molecule has 0 atom stereocenters. The number of thioether (sulfide) groups is 1. The molecular formula is C12H12Cl2N3OS+. The van der Waals surface area contributed by atoms with Gasteiger partial charge in [-0.3, -0.25) is 4.79 Å². The Hall–Kier alpha value is -1.04. The standard InChI is InChI=1S/C12H11Cl2N3OS/c1-7-5-9(18)16-12(15-7)19-6-8-3-4-17(2)11(14)10(8)13/h3-5H,6H2,1-2H3/p+1. The number of hydrogen-bond acceptors (Lipinski definition) is 3. The Bertz CT molecular complexity index is 673. The van der Waals surface area contributed by atoms with Crippen molar-refractivity contribution in [2.24, 2.45) is 7.05 Å². The molecule has 2 aromatic rings. The summed E-state index contributed by atoms with van der Waals surface area (Å²) in [6, 6.07) is 3.35. The van der Waals surface area contributed by atoms with Crippen LogP contribution in [0, 0.1) is 6.92 Å². The maximum absolute atomic E-state index is 11.3. The van der Waals surface area contributed by atoms with Crippen LogP contribution in [0.4, 0.5) is 0 Å². The quantitative estimate of drug-likeness (QED) is 0.409. The second kappa shape index (κ2) is 5.94. The van der Waals surface area contributed by atoms with Crippen LogP contribution in [0.5, 0.6) is 0 Å². The van der Waals surface area contributed by atoms with E-state index in [0.717, 1.165) is 5.56 Å². The van der Waals surface area contributed by atoms with E-state index in [1.165, 1.54) is 17.8 Å². The number of halogens is 2. The largest absolute Gasteiger partial charge is 0.301 e. The van der Waals surface area contributed by atoms with Gasteiger partial charge in [0.25, 0.3) is 10.7 Å². The molecule has 2 heterocycles. The predicted octanol–water partition coefficient (Wildman–Crippen LogP) is 2.50. The molecule has 100 valence electrons. The second-order valence-corrected chi connectivity index (χ2v) is 5.74. The lowest BCUT2D eigenvalue weighted by Crippen LogP contribution is -2.29. The minimum absolute atomic E-state index is 0.154. The van der Waals surface area contributed by atoms with Crippen LogP contribution in [-0.2, 0) is 12.8 Å². The number of rotatable bonds is 3. The van der Waals surface area contributed by atoms with Crippen molar-refractivity contribution in [1.29, 1.82) is 0 Å². The van der Waals surface area contributed by atoms with E-state index in [1.807, 2.05) is 19.3 Å². The summed E-state index contributed by atoms with van der Waals surface area (Å²) >= 11 is 13.6. The molecule has 0 aliphatic heterocycles.